The molecule has 0 aliphatic rings. The van der Waals surface area contributed by atoms with E-state index in [-0.39, 0.29) is 11.8 Å². The van der Waals surface area contributed by atoms with E-state index in [1.165, 1.54) is 6.07 Å². The Labute approximate surface area is 124 Å². The second kappa shape index (κ2) is 7.09. The van der Waals surface area contributed by atoms with E-state index >= 15 is 0 Å². The number of aromatic hydroxyl groups is 1. The van der Waals surface area contributed by atoms with Gasteiger partial charge in [-0.05, 0) is 18.6 Å². The fraction of sp³-hybridized carbons (Fsp3) is 0.294. The van der Waals surface area contributed by atoms with Crippen LogP contribution in [0.1, 0.15) is 30.5 Å². The first-order chi connectivity index (χ1) is 10.2. The van der Waals surface area contributed by atoms with E-state index in [4.69, 9.17) is 4.74 Å². The highest BCUT2D eigenvalue weighted by molar-refractivity contribution is 5.37. The smallest absolute Gasteiger partial charge is 0.165 e. The Hall–Kier alpha value is -2.07. The SMILES string of the molecule is CCC(NCc1cccc(F)c1O)c1ccccc1OC. The fourth-order valence-electron chi connectivity index (χ4n) is 2.36. The molecule has 1 unspecified atom stereocenters. The minimum absolute atomic E-state index is 0.0730. The highest BCUT2D eigenvalue weighted by Crippen LogP contribution is 2.28. The summed E-state index contributed by atoms with van der Waals surface area (Å²) in [5, 5.41) is 13.1. The summed E-state index contributed by atoms with van der Waals surface area (Å²) in [4.78, 5) is 0. The van der Waals surface area contributed by atoms with Crippen molar-refractivity contribution in [2.45, 2.75) is 25.9 Å². The fourth-order valence-corrected chi connectivity index (χ4v) is 2.36. The summed E-state index contributed by atoms with van der Waals surface area (Å²) in [5.74, 6) is -0.0696. The van der Waals surface area contributed by atoms with Crippen molar-refractivity contribution in [2.24, 2.45) is 0 Å². The summed E-state index contributed by atoms with van der Waals surface area (Å²) in [6.45, 7) is 2.45. The molecular formula is C17H20FNO2. The second-order valence-electron chi connectivity index (χ2n) is 4.83. The number of nitrogens with one attached hydrogen (secondary N) is 1. The lowest BCUT2D eigenvalue weighted by Gasteiger charge is -2.20. The third kappa shape index (κ3) is 3.52. The highest BCUT2D eigenvalue weighted by Gasteiger charge is 2.14. The molecule has 4 heteroatoms. The maximum atomic E-state index is 13.3. The monoisotopic (exact) mass is 289 g/mol. The molecule has 0 aromatic heterocycles. The van der Waals surface area contributed by atoms with Crippen LogP contribution in [0.15, 0.2) is 42.5 Å². The molecule has 0 fully saturated rings. The zero-order valence-electron chi connectivity index (χ0n) is 12.3. The molecule has 2 aromatic rings. The summed E-state index contributed by atoms with van der Waals surface area (Å²) >= 11 is 0. The summed E-state index contributed by atoms with van der Waals surface area (Å²) in [5.41, 5.74) is 1.60. The van der Waals surface area contributed by atoms with Gasteiger partial charge in [0.25, 0.3) is 0 Å². The summed E-state index contributed by atoms with van der Waals surface area (Å²) in [7, 11) is 1.64. The third-order valence-corrected chi connectivity index (χ3v) is 3.53. The van der Waals surface area contributed by atoms with Gasteiger partial charge in [-0.3, -0.25) is 0 Å². The van der Waals surface area contributed by atoms with E-state index in [1.54, 1.807) is 19.2 Å². The Bertz CT molecular complexity index is 601. The lowest BCUT2D eigenvalue weighted by molar-refractivity contribution is 0.393. The standard InChI is InChI=1S/C17H20FNO2/c1-3-15(13-8-4-5-10-16(13)21-2)19-11-12-7-6-9-14(18)17(12)20/h4-10,15,19-20H,3,11H2,1-2H3. The van der Waals surface area contributed by atoms with E-state index in [9.17, 15) is 9.50 Å². The molecule has 2 N–H and O–H groups in total. The number of para-hydroxylation sites is 2. The molecule has 0 radical (unpaired) electrons. The first-order valence-electron chi connectivity index (χ1n) is 7.00. The molecule has 0 spiro atoms. The van der Waals surface area contributed by atoms with Crippen LogP contribution in [-0.2, 0) is 6.54 Å². The Morgan fingerprint density at radius 2 is 1.95 bits per heavy atom. The highest BCUT2D eigenvalue weighted by atomic mass is 19.1. The van der Waals surface area contributed by atoms with Gasteiger partial charge in [0.2, 0.25) is 0 Å². The van der Waals surface area contributed by atoms with Gasteiger partial charge >= 0.3 is 0 Å². The van der Waals surface area contributed by atoms with Gasteiger partial charge in [-0.1, -0.05) is 37.3 Å². The molecule has 112 valence electrons. The zero-order chi connectivity index (χ0) is 15.2. The van der Waals surface area contributed by atoms with Crippen LogP contribution in [0.4, 0.5) is 4.39 Å². The predicted molar refractivity (Wildman–Crippen MR) is 80.9 cm³/mol. The normalized spacial score (nSPS) is 12.1. The largest absolute Gasteiger partial charge is 0.505 e. The molecule has 0 aliphatic heterocycles. The van der Waals surface area contributed by atoms with Gasteiger partial charge in [-0.2, -0.15) is 0 Å². The van der Waals surface area contributed by atoms with Gasteiger partial charge in [-0.25, -0.2) is 4.39 Å². The number of halogens is 1. The molecule has 0 saturated carbocycles. The van der Waals surface area contributed by atoms with Gasteiger partial charge in [0.1, 0.15) is 5.75 Å². The summed E-state index contributed by atoms with van der Waals surface area (Å²) < 4.78 is 18.7. The van der Waals surface area contributed by atoms with Gasteiger partial charge in [-0.15, -0.1) is 0 Å². The van der Waals surface area contributed by atoms with Crippen molar-refractivity contribution < 1.29 is 14.2 Å². The van der Waals surface area contributed by atoms with Crippen molar-refractivity contribution in [1.29, 1.82) is 0 Å². The predicted octanol–water partition coefficient (Wildman–Crippen LogP) is 3.78. The number of methoxy groups -OCH3 is 1. The molecule has 21 heavy (non-hydrogen) atoms. The van der Waals surface area contributed by atoms with E-state index in [0.29, 0.717) is 12.1 Å². The van der Waals surface area contributed by atoms with Crippen molar-refractivity contribution >= 4 is 0 Å². The number of rotatable bonds is 6. The third-order valence-electron chi connectivity index (χ3n) is 3.53. The number of hydrogen-bond acceptors (Lipinski definition) is 3. The van der Waals surface area contributed by atoms with Crippen LogP contribution in [0, 0.1) is 5.82 Å². The molecule has 3 nitrogen and oxygen atoms in total. The molecule has 0 aliphatic carbocycles. The van der Waals surface area contributed by atoms with E-state index in [0.717, 1.165) is 17.7 Å². The zero-order valence-corrected chi connectivity index (χ0v) is 12.3. The molecule has 0 saturated heterocycles. The van der Waals surface area contributed by atoms with Crippen LogP contribution in [0.5, 0.6) is 11.5 Å². The topological polar surface area (TPSA) is 41.5 Å². The molecule has 1 atom stereocenters. The quantitative estimate of drug-likeness (QED) is 0.850. The Kier molecular flexibility index (Phi) is 5.17. The maximum absolute atomic E-state index is 13.3. The van der Waals surface area contributed by atoms with Crippen molar-refractivity contribution in [1.82, 2.24) is 5.32 Å². The van der Waals surface area contributed by atoms with Crippen molar-refractivity contribution in [2.75, 3.05) is 7.11 Å². The minimum Gasteiger partial charge on any atom is -0.505 e. The Morgan fingerprint density at radius 3 is 2.67 bits per heavy atom. The lowest BCUT2D eigenvalue weighted by Crippen LogP contribution is -2.21. The van der Waals surface area contributed by atoms with Gasteiger partial charge in [0, 0.05) is 23.7 Å². The van der Waals surface area contributed by atoms with Crippen LogP contribution in [0.3, 0.4) is 0 Å². The van der Waals surface area contributed by atoms with Crippen LogP contribution in [-0.4, -0.2) is 12.2 Å². The molecule has 2 rings (SSSR count). The van der Waals surface area contributed by atoms with E-state index < -0.39 is 5.82 Å². The van der Waals surface area contributed by atoms with Crippen molar-refractivity contribution in [3.8, 4) is 11.5 Å². The molecule has 2 aromatic carbocycles. The Morgan fingerprint density at radius 1 is 1.19 bits per heavy atom. The lowest BCUT2D eigenvalue weighted by atomic mass is 10.0. The first-order valence-corrected chi connectivity index (χ1v) is 7.00. The van der Waals surface area contributed by atoms with Crippen molar-refractivity contribution in [3.05, 3.63) is 59.4 Å². The number of phenolic OH excluding ortho intramolecular Hbond substituents is 1. The molecule has 0 bridgehead atoms. The molecule has 0 heterocycles. The summed E-state index contributed by atoms with van der Waals surface area (Å²) in [6, 6.07) is 12.4. The maximum Gasteiger partial charge on any atom is 0.165 e. The van der Waals surface area contributed by atoms with Gasteiger partial charge in [0.15, 0.2) is 11.6 Å². The van der Waals surface area contributed by atoms with E-state index in [1.807, 2.05) is 24.3 Å². The van der Waals surface area contributed by atoms with Crippen LogP contribution in [0.2, 0.25) is 0 Å². The molecule has 0 amide bonds. The second-order valence-corrected chi connectivity index (χ2v) is 4.83. The van der Waals surface area contributed by atoms with Crippen LogP contribution >= 0.6 is 0 Å². The van der Waals surface area contributed by atoms with Crippen molar-refractivity contribution in [3.63, 3.8) is 0 Å². The van der Waals surface area contributed by atoms with E-state index in [2.05, 4.69) is 12.2 Å². The molecular weight excluding hydrogens is 269 g/mol. The number of ether oxygens (including phenoxy) is 1. The van der Waals surface area contributed by atoms with Crippen LogP contribution in [0.25, 0.3) is 0 Å². The summed E-state index contributed by atoms with van der Waals surface area (Å²) in [6.07, 6.45) is 0.858. The van der Waals surface area contributed by atoms with Gasteiger partial charge in [0.05, 0.1) is 7.11 Å². The van der Waals surface area contributed by atoms with Crippen LogP contribution < -0.4 is 10.1 Å². The average Bonchev–Trinajstić information content (AvgIpc) is 2.52. The first kappa shape index (κ1) is 15.3. The average molecular weight is 289 g/mol. The number of benzene rings is 2. The van der Waals surface area contributed by atoms with Gasteiger partial charge < -0.3 is 15.2 Å². The Balaban J connectivity index is 2.14. The number of hydrogen-bond donors (Lipinski definition) is 2. The number of phenols is 1. The minimum atomic E-state index is -0.598.